The van der Waals surface area contributed by atoms with E-state index in [0.29, 0.717) is 41.8 Å². The molecule has 4 aliphatic rings. The third-order valence-corrected chi connectivity index (χ3v) is 9.75. The zero-order valence-electron chi connectivity index (χ0n) is 21.6. The van der Waals surface area contributed by atoms with Gasteiger partial charge in [0, 0.05) is 43.7 Å². The number of hydrogen-bond donors (Lipinski definition) is 3. The molecule has 33 heavy (non-hydrogen) atoms. The first kappa shape index (κ1) is 24.8. The fourth-order valence-corrected chi connectivity index (χ4v) is 7.44. The molecule has 0 spiro atoms. The molecule has 0 aromatic heterocycles. The normalized spacial score (nSPS) is 42.1. The number of carbonyl (C=O) groups excluding carboxylic acids is 2. The van der Waals surface area contributed by atoms with Crippen molar-refractivity contribution in [2.75, 3.05) is 13.6 Å². The minimum atomic E-state index is -0.000999. The van der Waals surface area contributed by atoms with E-state index in [9.17, 15) is 9.59 Å². The van der Waals surface area contributed by atoms with Gasteiger partial charge in [0.05, 0.1) is 0 Å². The van der Waals surface area contributed by atoms with E-state index in [1.165, 1.54) is 12.8 Å². The second-order valence-corrected chi connectivity index (χ2v) is 12.3. The van der Waals surface area contributed by atoms with E-state index in [-0.39, 0.29) is 18.0 Å². The van der Waals surface area contributed by atoms with Crippen molar-refractivity contribution in [1.82, 2.24) is 20.9 Å². The van der Waals surface area contributed by atoms with Gasteiger partial charge < -0.3 is 20.9 Å². The fourth-order valence-electron chi connectivity index (χ4n) is 7.44. The maximum Gasteiger partial charge on any atom is 0.315 e. The lowest BCUT2D eigenvalue weighted by Crippen LogP contribution is -2.60. The minimum absolute atomic E-state index is 0.000999. The molecule has 7 unspecified atom stereocenters. The molecule has 6 heteroatoms. The Bertz CT molecular complexity index is 690. The molecule has 2 saturated carbocycles. The Morgan fingerprint density at radius 3 is 2.33 bits per heavy atom. The number of likely N-dealkylation sites (tertiary alicyclic amines) is 1. The summed E-state index contributed by atoms with van der Waals surface area (Å²) in [6.45, 7) is 10.2. The van der Waals surface area contributed by atoms with Gasteiger partial charge in [-0.1, -0.05) is 20.8 Å². The highest BCUT2D eigenvalue weighted by Gasteiger charge is 2.47. The molecular formula is C27H48N4O2. The van der Waals surface area contributed by atoms with Crippen LogP contribution in [0.3, 0.4) is 0 Å². The van der Waals surface area contributed by atoms with Crippen molar-refractivity contribution in [3.05, 3.63) is 0 Å². The summed E-state index contributed by atoms with van der Waals surface area (Å²) in [5.41, 5.74) is 0. The van der Waals surface area contributed by atoms with E-state index in [1.54, 1.807) is 0 Å². The molecule has 4 fully saturated rings. The highest BCUT2D eigenvalue weighted by atomic mass is 16.2. The molecule has 2 heterocycles. The van der Waals surface area contributed by atoms with Crippen LogP contribution in [0.4, 0.5) is 4.79 Å². The Hall–Kier alpha value is -1.30. The molecule has 2 aliphatic heterocycles. The molecule has 188 valence electrons. The van der Waals surface area contributed by atoms with Crippen LogP contribution in [-0.4, -0.2) is 54.6 Å². The summed E-state index contributed by atoms with van der Waals surface area (Å²) in [6.07, 6.45) is 9.73. The molecule has 0 aromatic carbocycles. The van der Waals surface area contributed by atoms with Crippen LogP contribution in [-0.2, 0) is 4.79 Å². The van der Waals surface area contributed by atoms with Crippen molar-refractivity contribution in [3.63, 3.8) is 0 Å². The van der Waals surface area contributed by atoms with Gasteiger partial charge in [-0.05, 0) is 94.3 Å². The van der Waals surface area contributed by atoms with Gasteiger partial charge in [-0.3, -0.25) is 4.79 Å². The number of urea groups is 1. The standard InChI is InChI=1S/C27H48N4O2/c1-16(2)19-7-10-21(11-8-19)29-27(33)30-22-9-6-17(3)23(14-22)24-13-20-15-28-18(4)12-25(20)31(5)26(24)32/h16-25,28H,6-15H2,1-5H3,(H2,29,30,33). The van der Waals surface area contributed by atoms with Crippen LogP contribution >= 0.6 is 0 Å². The number of carbonyl (C=O) groups is 2. The van der Waals surface area contributed by atoms with Crippen molar-refractivity contribution >= 4 is 11.9 Å². The lowest BCUT2D eigenvalue weighted by atomic mass is 9.65. The molecule has 0 aromatic rings. The Kier molecular flexibility index (Phi) is 7.92. The average Bonchev–Trinajstić information content (AvgIpc) is 2.78. The van der Waals surface area contributed by atoms with E-state index >= 15 is 0 Å². The van der Waals surface area contributed by atoms with E-state index < -0.39 is 0 Å². The second-order valence-electron chi connectivity index (χ2n) is 12.3. The third kappa shape index (κ3) is 5.68. The smallest absolute Gasteiger partial charge is 0.315 e. The second kappa shape index (κ2) is 10.5. The van der Waals surface area contributed by atoms with Gasteiger partial charge >= 0.3 is 6.03 Å². The van der Waals surface area contributed by atoms with E-state index in [1.807, 2.05) is 7.05 Å². The van der Waals surface area contributed by atoms with Gasteiger partial charge in [-0.15, -0.1) is 0 Å². The molecule has 7 atom stereocenters. The molecule has 4 rings (SSSR count). The van der Waals surface area contributed by atoms with Crippen molar-refractivity contribution in [2.45, 2.75) is 110 Å². The third-order valence-electron chi connectivity index (χ3n) is 9.75. The molecule has 6 nitrogen and oxygen atoms in total. The van der Waals surface area contributed by atoms with Gasteiger partial charge in [0.1, 0.15) is 0 Å². The van der Waals surface area contributed by atoms with Gasteiger partial charge in [-0.2, -0.15) is 0 Å². The molecule has 0 radical (unpaired) electrons. The highest BCUT2D eigenvalue weighted by Crippen LogP contribution is 2.43. The quantitative estimate of drug-likeness (QED) is 0.590. The minimum Gasteiger partial charge on any atom is -0.342 e. The molecular weight excluding hydrogens is 412 g/mol. The van der Waals surface area contributed by atoms with Gasteiger partial charge in [0.15, 0.2) is 0 Å². The van der Waals surface area contributed by atoms with Gasteiger partial charge in [-0.25, -0.2) is 4.79 Å². The Morgan fingerprint density at radius 2 is 1.64 bits per heavy atom. The summed E-state index contributed by atoms with van der Waals surface area (Å²) >= 11 is 0. The van der Waals surface area contributed by atoms with Crippen molar-refractivity contribution in [2.24, 2.45) is 35.5 Å². The van der Waals surface area contributed by atoms with Crippen molar-refractivity contribution < 1.29 is 9.59 Å². The van der Waals surface area contributed by atoms with Crippen LogP contribution in [0, 0.1) is 35.5 Å². The summed E-state index contributed by atoms with van der Waals surface area (Å²) in [5.74, 6) is 3.44. The fraction of sp³-hybridized carbons (Fsp3) is 0.926. The van der Waals surface area contributed by atoms with Gasteiger partial charge in [0.25, 0.3) is 0 Å². The summed E-state index contributed by atoms with van der Waals surface area (Å²) < 4.78 is 0. The summed E-state index contributed by atoms with van der Waals surface area (Å²) in [6, 6.07) is 1.36. The number of fused-ring (bicyclic) bond motifs is 1. The first-order chi connectivity index (χ1) is 15.7. The zero-order chi connectivity index (χ0) is 23.7. The number of nitrogens with zero attached hydrogens (tertiary/aromatic N) is 1. The highest BCUT2D eigenvalue weighted by molar-refractivity contribution is 5.80. The SMILES string of the molecule is CC1CC2C(CN1)CC(C1CC(NC(=O)NC3CCC(C(C)C)CC3)CCC1C)C(=O)N2C. The largest absolute Gasteiger partial charge is 0.342 e. The monoisotopic (exact) mass is 460 g/mol. The van der Waals surface area contributed by atoms with Gasteiger partial charge in [0.2, 0.25) is 5.91 Å². The molecule has 3 amide bonds. The number of piperidine rings is 2. The lowest BCUT2D eigenvalue weighted by Gasteiger charge is -2.50. The van der Waals surface area contributed by atoms with Crippen molar-refractivity contribution in [3.8, 4) is 0 Å². The molecule has 3 N–H and O–H groups in total. The average molecular weight is 461 g/mol. The number of hydrogen-bond acceptors (Lipinski definition) is 3. The predicted molar refractivity (Wildman–Crippen MR) is 133 cm³/mol. The Balaban J connectivity index is 1.31. The molecule has 2 aliphatic carbocycles. The van der Waals surface area contributed by atoms with Crippen LogP contribution in [0.1, 0.15) is 85.5 Å². The number of rotatable bonds is 4. The maximum atomic E-state index is 13.4. The van der Waals surface area contributed by atoms with E-state index in [0.717, 1.165) is 63.3 Å². The summed E-state index contributed by atoms with van der Waals surface area (Å²) in [5, 5.41) is 10.2. The van der Waals surface area contributed by atoms with E-state index in [4.69, 9.17) is 0 Å². The van der Waals surface area contributed by atoms with Crippen LogP contribution in [0.15, 0.2) is 0 Å². The lowest BCUT2D eigenvalue weighted by molar-refractivity contribution is -0.148. The van der Waals surface area contributed by atoms with Crippen LogP contribution in [0.5, 0.6) is 0 Å². The van der Waals surface area contributed by atoms with Crippen molar-refractivity contribution in [1.29, 1.82) is 0 Å². The summed E-state index contributed by atoms with van der Waals surface area (Å²) in [4.78, 5) is 28.3. The number of amides is 3. The predicted octanol–water partition coefficient (Wildman–Crippen LogP) is 4.15. The van der Waals surface area contributed by atoms with Crippen LogP contribution < -0.4 is 16.0 Å². The Morgan fingerprint density at radius 1 is 0.970 bits per heavy atom. The zero-order valence-corrected chi connectivity index (χ0v) is 21.6. The van der Waals surface area contributed by atoms with E-state index in [2.05, 4.69) is 48.5 Å². The number of nitrogens with one attached hydrogen (secondary N) is 3. The van der Waals surface area contributed by atoms with Crippen LogP contribution in [0.2, 0.25) is 0 Å². The summed E-state index contributed by atoms with van der Waals surface area (Å²) in [7, 11) is 2.02. The first-order valence-electron chi connectivity index (χ1n) is 13.8. The topological polar surface area (TPSA) is 73.5 Å². The Labute approximate surface area is 201 Å². The van der Waals surface area contributed by atoms with Crippen LogP contribution in [0.25, 0.3) is 0 Å². The maximum absolute atomic E-state index is 13.4. The molecule has 0 bridgehead atoms. The first-order valence-corrected chi connectivity index (χ1v) is 13.8. The molecule has 2 saturated heterocycles.